The van der Waals surface area contributed by atoms with Crippen LogP contribution in [0.1, 0.15) is 32.3 Å². The molecule has 1 saturated heterocycles. The van der Waals surface area contributed by atoms with Crippen molar-refractivity contribution in [1.82, 2.24) is 14.5 Å². The molecule has 7 heteroatoms. The van der Waals surface area contributed by atoms with Crippen molar-refractivity contribution in [3.63, 3.8) is 0 Å². The topological polar surface area (TPSA) is 69.7 Å². The van der Waals surface area contributed by atoms with Gasteiger partial charge in [-0.1, -0.05) is 12.1 Å². The Labute approximate surface area is 138 Å². The molecule has 0 aliphatic carbocycles. The van der Waals surface area contributed by atoms with E-state index >= 15 is 0 Å². The first kappa shape index (κ1) is 17.7. The first-order valence-electron chi connectivity index (χ1n) is 8.11. The van der Waals surface area contributed by atoms with E-state index in [4.69, 9.17) is 0 Å². The standard InChI is InChI=1S/C16H25N3O3S/c1-3-18(4-2)16(20)17-13-14-7-9-15(10-8-14)23(21,22)19-11-5-6-12-19/h7-10H,3-6,11-13H2,1-2H3,(H,17,20). The van der Waals surface area contributed by atoms with E-state index in [1.54, 1.807) is 29.2 Å². The van der Waals surface area contributed by atoms with E-state index in [1.165, 1.54) is 4.31 Å². The first-order chi connectivity index (χ1) is 11.0. The predicted molar refractivity (Wildman–Crippen MR) is 89.6 cm³/mol. The van der Waals surface area contributed by atoms with Gasteiger partial charge >= 0.3 is 6.03 Å². The smallest absolute Gasteiger partial charge is 0.317 e. The second-order valence-electron chi connectivity index (χ2n) is 5.59. The van der Waals surface area contributed by atoms with Crippen LogP contribution >= 0.6 is 0 Å². The summed E-state index contributed by atoms with van der Waals surface area (Å²) in [5.74, 6) is 0. The molecule has 0 aromatic heterocycles. The molecule has 6 nitrogen and oxygen atoms in total. The van der Waals surface area contributed by atoms with Gasteiger partial charge in [-0.25, -0.2) is 13.2 Å². The highest BCUT2D eigenvalue weighted by Gasteiger charge is 2.26. The molecule has 1 aromatic rings. The van der Waals surface area contributed by atoms with E-state index in [9.17, 15) is 13.2 Å². The van der Waals surface area contributed by atoms with Gasteiger partial charge in [-0.05, 0) is 44.4 Å². The van der Waals surface area contributed by atoms with Crippen LogP contribution in [0, 0.1) is 0 Å². The number of hydrogen-bond acceptors (Lipinski definition) is 3. The summed E-state index contributed by atoms with van der Waals surface area (Å²) in [7, 11) is -3.37. The minimum atomic E-state index is -3.37. The molecule has 128 valence electrons. The number of benzene rings is 1. The van der Waals surface area contributed by atoms with Crippen molar-refractivity contribution in [1.29, 1.82) is 0 Å². The lowest BCUT2D eigenvalue weighted by molar-refractivity contribution is 0.203. The fourth-order valence-electron chi connectivity index (χ4n) is 2.66. The molecular weight excluding hydrogens is 314 g/mol. The minimum Gasteiger partial charge on any atom is -0.334 e. The number of carbonyl (C=O) groups is 1. The summed E-state index contributed by atoms with van der Waals surface area (Å²) < 4.78 is 26.4. The maximum atomic E-state index is 12.4. The van der Waals surface area contributed by atoms with Crippen molar-refractivity contribution in [2.75, 3.05) is 26.2 Å². The average molecular weight is 339 g/mol. The van der Waals surface area contributed by atoms with Crippen LogP contribution in [0.2, 0.25) is 0 Å². The summed E-state index contributed by atoms with van der Waals surface area (Å²) in [6.07, 6.45) is 1.85. The largest absolute Gasteiger partial charge is 0.334 e. The van der Waals surface area contributed by atoms with Gasteiger partial charge < -0.3 is 10.2 Å². The van der Waals surface area contributed by atoms with Crippen molar-refractivity contribution < 1.29 is 13.2 Å². The zero-order valence-electron chi connectivity index (χ0n) is 13.8. The van der Waals surface area contributed by atoms with Crippen LogP contribution in [0.3, 0.4) is 0 Å². The van der Waals surface area contributed by atoms with Gasteiger partial charge in [0.15, 0.2) is 0 Å². The van der Waals surface area contributed by atoms with Crippen molar-refractivity contribution in [3.05, 3.63) is 29.8 Å². The average Bonchev–Trinajstić information content (AvgIpc) is 3.10. The van der Waals surface area contributed by atoms with E-state index in [0.717, 1.165) is 18.4 Å². The SMILES string of the molecule is CCN(CC)C(=O)NCc1ccc(S(=O)(=O)N2CCCC2)cc1. The Bertz CT molecular complexity index is 618. The van der Waals surface area contributed by atoms with Gasteiger partial charge in [-0.15, -0.1) is 0 Å². The predicted octanol–water partition coefficient (Wildman–Crippen LogP) is 2.02. The lowest BCUT2D eigenvalue weighted by Gasteiger charge is -2.19. The molecule has 23 heavy (non-hydrogen) atoms. The first-order valence-corrected chi connectivity index (χ1v) is 9.55. The molecule has 0 atom stereocenters. The highest BCUT2D eigenvalue weighted by molar-refractivity contribution is 7.89. The van der Waals surface area contributed by atoms with Gasteiger partial charge in [0, 0.05) is 32.7 Å². The summed E-state index contributed by atoms with van der Waals surface area (Å²) in [5, 5.41) is 2.84. The Kier molecular flexibility index (Phi) is 6.01. The van der Waals surface area contributed by atoms with Crippen molar-refractivity contribution in [2.24, 2.45) is 0 Å². The zero-order valence-corrected chi connectivity index (χ0v) is 14.6. The Hall–Kier alpha value is -1.60. The van der Waals surface area contributed by atoms with Crippen molar-refractivity contribution >= 4 is 16.1 Å². The number of amides is 2. The Morgan fingerprint density at radius 2 is 1.70 bits per heavy atom. The monoisotopic (exact) mass is 339 g/mol. The van der Waals surface area contributed by atoms with Crippen molar-refractivity contribution in [2.45, 2.75) is 38.1 Å². The number of nitrogens with zero attached hydrogens (tertiary/aromatic N) is 2. The molecular formula is C16H25N3O3S. The van der Waals surface area contributed by atoms with Crippen molar-refractivity contribution in [3.8, 4) is 0 Å². The maximum absolute atomic E-state index is 12.4. The van der Waals surface area contributed by atoms with Gasteiger partial charge in [0.1, 0.15) is 0 Å². The molecule has 1 aliphatic rings. The third-order valence-electron chi connectivity index (χ3n) is 4.12. The lowest BCUT2D eigenvalue weighted by Crippen LogP contribution is -2.39. The van der Waals surface area contributed by atoms with E-state index < -0.39 is 10.0 Å². The number of nitrogens with one attached hydrogen (secondary N) is 1. The summed E-state index contributed by atoms with van der Waals surface area (Å²) >= 11 is 0. The molecule has 0 unspecified atom stereocenters. The van der Waals surface area contributed by atoms with Gasteiger partial charge in [-0.2, -0.15) is 4.31 Å². The molecule has 2 rings (SSSR count). The maximum Gasteiger partial charge on any atom is 0.317 e. The Balaban J connectivity index is 1.98. The summed E-state index contributed by atoms with van der Waals surface area (Å²) in [6.45, 7) is 6.78. The van der Waals surface area contributed by atoms with Crippen LogP contribution in [-0.4, -0.2) is 49.8 Å². The van der Waals surface area contributed by atoms with Gasteiger partial charge in [0.25, 0.3) is 0 Å². The highest BCUT2D eigenvalue weighted by atomic mass is 32.2. The normalized spacial score (nSPS) is 15.6. The van der Waals surface area contributed by atoms with Gasteiger partial charge in [0.2, 0.25) is 10.0 Å². The van der Waals surface area contributed by atoms with E-state index in [1.807, 2.05) is 13.8 Å². The van der Waals surface area contributed by atoms with E-state index in [2.05, 4.69) is 5.32 Å². The van der Waals surface area contributed by atoms with Crippen LogP contribution in [0.15, 0.2) is 29.2 Å². The molecule has 2 amide bonds. The zero-order chi connectivity index (χ0) is 16.9. The van der Waals surface area contributed by atoms with Gasteiger partial charge in [-0.3, -0.25) is 0 Å². The number of carbonyl (C=O) groups excluding carboxylic acids is 1. The fourth-order valence-corrected chi connectivity index (χ4v) is 4.17. The number of urea groups is 1. The van der Waals surface area contributed by atoms with E-state index in [-0.39, 0.29) is 6.03 Å². The molecule has 1 heterocycles. The minimum absolute atomic E-state index is 0.108. The number of sulfonamides is 1. The Morgan fingerprint density at radius 3 is 2.22 bits per heavy atom. The highest BCUT2D eigenvalue weighted by Crippen LogP contribution is 2.21. The molecule has 0 bridgehead atoms. The molecule has 0 radical (unpaired) electrons. The van der Waals surface area contributed by atoms with Crippen LogP contribution in [0.25, 0.3) is 0 Å². The second-order valence-corrected chi connectivity index (χ2v) is 7.52. The van der Waals surface area contributed by atoms with Gasteiger partial charge in [0.05, 0.1) is 4.90 Å². The second kappa shape index (κ2) is 7.79. The third kappa shape index (κ3) is 4.23. The molecule has 0 saturated carbocycles. The molecule has 1 fully saturated rings. The molecule has 1 aromatic carbocycles. The number of rotatable bonds is 6. The summed E-state index contributed by atoms with van der Waals surface area (Å²) in [4.78, 5) is 13.9. The van der Waals surface area contributed by atoms with Crippen LogP contribution in [0.5, 0.6) is 0 Å². The molecule has 1 N–H and O–H groups in total. The van der Waals surface area contributed by atoms with Crippen LogP contribution in [-0.2, 0) is 16.6 Å². The lowest BCUT2D eigenvalue weighted by atomic mass is 10.2. The summed E-state index contributed by atoms with van der Waals surface area (Å²) in [5.41, 5.74) is 0.880. The van der Waals surface area contributed by atoms with Crippen LogP contribution in [0.4, 0.5) is 4.79 Å². The summed E-state index contributed by atoms with van der Waals surface area (Å²) in [6, 6.07) is 6.64. The fraction of sp³-hybridized carbons (Fsp3) is 0.562. The molecule has 1 aliphatic heterocycles. The Morgan fingerprint density at radius 1 is 1.13 bits per heavy atom. The third-order valence-corrected chi connectivity index (χ3v) is 6.03. The van der Waals surface area contributed by atoms with E-state index in [0.29, 0.717) is 37.6 Å². The molecule has 0 spiro atoms. The number of hydrogen-bond donors (Lipinski definition) is 1. The van der Waals surface area contributed by atoms with Crippen LogP contribution < -0.4 is 5.32 Å². The quantitative estimate of drug-likeness (QED) is 0.862.